The Labute approximate surface area is 93.1 Å². The summed E-state index contributed by atoms with van der Waals surface area (Å²) in [6.45, 7) is 4.35. The van der Waals surface area contributed by atoms with Crippen LogP contribution < -0.4 is 0 Å². The molecule has 1 saturated carbocycles. The Morgan fingerprint density at radius 1 is 1.20 bits per heavy atom. The molecule has 1 fully saturated rings. The van der Waals surface area contributed by atoms with Crippen molar-refractivity contribution in [3.8, 4) is 0 Å². The summed E-state index contributed by atoms with van der Waals surface area (Å²) in [4.78, 5) is 11.4. The van der Waals surface area contributed by atoms with Crippen molar-refractivity contribution < 1.29 is 9.90 Å². The third-order valence-electron chi connectivity index (χ3n) is 3.71. The van der Waals surface area contributed by atoms with Crippen LogP contribution in [0.3, 0.4) is 0 Å². The fourth-order valence-corrected chi connectivity index (χ4v) is 2.54. The van der Waals surface area contributed by atoms with E-state index in [0.29, 0.717) is 5.92 Å². The average molecular weight is 212 g/mol. The third kappa shape index (κ3) is 3.51. The Balaban J connectivity index is 2.63. The molecule has 15 heavy (non-hydrogen) atoms. The molecule has 0 aromatic heterocycles. The molecule has 88 valence electrons. The van der Waals surface area contributed by atoms with E-state index < -0.39 is 5.97 Å². The lowest BCUT2D eigenvalue weighted by Gasteiger charge is -2.28. The quantitative estimate of drug-likeness (QED) is 0.719. The molecule has 0 heterocycles. The summed E-state index contributed by atoms with van der Waals surface area (Å²) < 4.78 is 0. The van der Waals surface area contributed by atoms with Crippen molar-refractivity contribution in [2.75, 3.05) is 0 Å². The molecule has 0 radical (unpaired) electrons. The van der Waals surface area contributed by atoms with E-state index in [1.54, 1.807) is 0 Å². The third-order valence-corrected chi connectivity index (χ3v) is 3.71. The highest BCUT2D eigenvalue weighted by molar-refractivity contribution is 5.74. The Morgan fingerprint density at radius 3 is 2.13 bits per heavy atom. The second kappa shape index (κ2) is 5.53. The molecule has 0 amide bonds. The van der Waals surface area contributed by atoms with Gasteiger partial charge in [0, 0.05) is 0 Å². The van der Waals surface area contributed by atoms with E-state index in [-0.39, 0.29) is 5.41 Å². The minimum absolute atomic E-state index is 0.388. The number of rotatable bonds is 4. The summed E-state index contributed by atoms with van der Waals surface area (Å²) in [5, 5.41) is 9.43. The van der Waals surface area contributed by atoms with E-state index in [1.165, 1.54) is 12.8 Å². The molecule has 0 saturated heterocycles. The van der Waals surface area contributed by atoms with Gasteiger partial charge in [0.05, 0.1) is 5.41 Å². The molecule has 0 unspecified atom stereocenters. The monoisotopic (exact) mass is 212 g/mol. The number of carboxylic acids is 1. The first kappa shape index (κ1) is 12.5. The maximum atomic E-state index is 11.4. The lowest BCUT2D eigenvalue weighted by atomic mass is 9.75. The van der Waals surface area contributed by atoms with Crippen LogP contribution in [0.2, 0.25) is 0 Å². The van der Waals surface area contributed by atoms with Crippen LogP contribution >= 0.6 is 0 Å². The first-order chi connectivity index (χ1) is 7.07. The normalized spacial score (nSPS) is 21.3. The molecular formula is C13H24O2. The second-order valence-corrected chi connectivity index (χ2v) is 5.43. The predicted octanol–water partition coefficient (Wildman–Crippen LogP) is 3.85. The summed E-state index contributed by atoms with van der Waals surface area (Å²) in [6.07, 6.45) is 8.36. The molecule has 2 nitrogen and oxygen atoms in total. The van der Waals surface area contributed by atoms with Crippen molar-refractivity contribution in [2.24, 2.45) is 11.3 Å². The number of aliphatic carboxylic acids is 1. The van der Waals surface area contributed by atoms with Gasteiger partial charge in [-0.15, -0.1) is 0 Å². The zero-order valence-electron chi connectivity index (χ0n) is 10.1. The number of hydrogen-bond donors (Lipinski definition) is 1. The summed E-state index contributed by atoms with van der Waals surface area (Å²) in [6, 6.07) is 0. The van der Waals surface area contributed by atoms with E-state index in [9.17, 15) is 9.90 Å². The lowest BCUT2D eigenvalue weighted by molar-refractivity contribution is -0.150. The van der Waals surface area contributed by atoms with Gasteiger partial charge in [-0.3, -0.25) is 4.79 Å². The maximum absolute atomic E-state index is 11.4. The van der Waals surface area contributed by atoms with Crippen LogP contribution in [0.25, 0.3) is 0 Å². The molecule has 1 N–H and O–H groups in total. The molecule has 0 atom stereocenters. The topological polar surface area (TPSA) is 37.3 Å². The smallest absolute Gasteiger partial charge is 0.309 e. The van der Waals surface area contributed by atoms with Gasteiger partial charge in [-0.05, 0) is 31.6 Å². The fraction of sp³-hybridized carbons (Fsp3) is 0.923. The number of carbonyl (C=O) groups is 1. The summed E-state index contributed by atoms with van der Waals surface area (Å²) in [5.74, 6) is 0.0644. The van der Waals surface area contributed by atoms with Gasteiger partial charge in [-0.25, -0.2) is 0 Å². The molecular weight excluding hydrogens is 188 g/mol. The van der Waals surface area contributed by atoms with Crippen LogP contribution in [0.15, 0.2) is 0 Å². The van der Waals surface area contributed by atoms with E-state index in [4.69, 9.17) is 0 Å². The second-order valence-electron chi connectivity index (χ2n) is 5.43. The highest BCUT2D eigenvalue weighted by Gasteiger charge is 2.37. The minimum Gasteiger partial charge on any atom is -0.481 e. The molecule has 2 heteroatoms. The van der Waals surface area contributed by atoms with E-state index in [2.05, 4.69) is 13.8 Å². The van der Waals surface area contributed by atoms with Crippen molar-refractivity contribution in [3.63, 3.8) is 0 Å². The van der Waals surface area contributed by atoms with E-state index in [0.717, 1.165) is 38.5 Å². The Kier molecular flexibility index (Phi) is 4.62. The zero-order valence-corrected chi connectivity index (χ0v) is 10.1. The highest BCUT2D eigenvalue weighted by Crippen LogP contribution is 2.40. The van der Waals surface area contributed by atoms with Crippen LogP contribution in [0, 0.1) is 11.3 Å². The van der Waals surface area contributed by atoms with Crippen molar-refractivity contribution in [1.82, 2.24) is 0 Å². The number of hydrogen-bond acceptors (Lipinski definition) is 1. The molecule has 0 aliphatic heterocycles. The average Bonchev–Trinajstić information content (AvgIpc) is 2.40. The summed E-state index contributed by atoms with van der Waals surface area (Å²) in [7, 11) is 0. The van der Waals surface area contributed by atoms with Gasteiger partial charge in [-0.1, -0.05) is 39.5 Å². The molecule has 0 spiro atoms. The Morgan fingerprint density at radius 2 is 1.73 bits per heavy atom. The van der Waals surface area contributed by atoms with Gasteiger partial charge in [-0.2, -0.15) is 0 Å². The SMILES string of the molecule is CC(C)CCC1(C(=O)O)CCCCCC1. The van der Waals surface area contributed by atoms with Crippen molar-refractivity contribution in [1.29, 1.82) is 0 Å². The fourth-order valence-electron chi connectivity index (χ4n) is 2.54. The van der Waals surface area contributed by atoms with Gasteiger partial charge in [0.1, 0.15) is 0 Å². The van der Waals surface area contributed by atoms with E-state index in [1.807, 2.05) is 0 Å². The molecule has 1 rings (SSSR count). The predicted molar refractivity (Wildman–Crippen MR) is 61.8 cm³/mol. The first-order valence-electron chi connectivity index (χ1n) is 6.30. The van der Waals surface area contributed by atoms with Gasteiger partial charge < -0.3 is 5.11 Å². The lowest BCUT2D eigenvalue weighted by Crippen LogP contribution is -2.30. The molecule has 0 bridgehead atoms. The van der Waals surface area contributed by atoms with Crippen molar-refractivity contribution >= 4 is 5.97 Å². The van der Waals surface area contributed by atoms with Crippen LogP contribution in [-0.2, 0) is 4.79 Å². The Hall–Kier alpha value is -0.530. The molecule has 1 aliphatic rings. The number of carboxylic acid groups (broad SMARTS) is 1. The molecule has 0 aromatic rings. The van der Waals surface area contributed by atoms with Crippen molar-refractivity contribution in [2.45, 2.75) is 65.2 Å². The van der Waals surface area contributed by atoms with Crippen LogP contribution in [-0.4, -0.2) is 11.1 Å². The molecule has 1 aliphatic carbocycles. The van der Waals surface area contributed by atoms with Crippen LogP contribution in [0.1, 0.15) is 65.2 Å². The maximum Gasteiger partial charge on any atom is 0.309 e. The first-order valence-corrected chi connectivity index (χ1v) is 6.30. The van der Waals surface area contributed by atoms with Gasteiger partial charge in [0.25, 0.3) is 0 Å². The zero-order chi connectivity index (χ0) is 11.3. The van der Waals surface area contributed by atoms with Crippen molar-refractivity contribution in [3.05, 3.63) is 0 Å². The Bertz CT molecular complexity index is 201. The highest BCUT2D eigenvalue weighted by atomic mass is 16.4. The van der Waals surface area contributed by atoms with Crippen LogP contribution in [0.4, 0.5) is 0 Å². The summed E-state index contributed by atoms with van der Waals surface area (Å²) in [5.41, 5.74) is -0.388. The van der Waals surface area contributed by atoms with Crippen LogP contribution in [0.5, 0.6) is 0 Å². The molecule has 0 aromatic carbocycles. The minimum atomic E-state index is -0.551. The standard InChI is InChI=1S/C13H24O2/c1-11(2)7-10-13(12(14)15)8-5-3-4-6-9-13/h11H,3-10H2,1-2H3,(H,14,15). The largest absolute Gasteiger partial charge is 0.481 e. The van der Waals surface area contributed by atoms with Gasteiger partial charge >= 0.3 is 5.97 Å². The summed E-state index contributed by atoms with van der Waals surface area (Å²) >= 11 is 0. The van der Waals surface area contributed by atoms with Gasteiger partial charge in [0.2, 0.25) is 0 Å². The van der Waals surface area contributed by atoms with E-state index >= 15 is 0 Å². The van der Waals surface area contributed by atoms with Gasteiger partial charge in [0.15, 0.2) is 0 Å².